The smallest absolute Gasteiger partial charge is 0.545 e. The predicted octanol–water partition coefficient (Wildman–Crippen LogP) is -0.767. The SMILES string of the molecule is O=C([O-])c1ccccc1Nc1ccccc1C(=O)[O-].[OH3+].[Zn+2]. The molecule has 7 heteroatoms. The summed E-state index contributed by atoms with van der Waals surface area (Å²) in [7, 11) is 0. The minimum Gasteiger partial charge on any atom is -0.545 e. The van der Waals surface area contributed by atoms with Gasteiger partial charge in [0.2, 0.25) is 0 Å². The Hall–Kier alpha value is -2.24. The molecule has 2 aromatic carbocycles. The molecule has 0 spiro atoms. The van der Waals surface area contributed by atoms with Gasteiger partial charge in [-0.05, 0) is 12.1 Å². The van der Waals surface area contributed by atoms with Crippen LogP contribution in [0.15, 0.2) is 48.5 Å². The van der Waals surface area contributed by atoms with Crippen molar-refractivity contribution in [3.8, 4) is 0 Å². The average molecular weight is 340 g/mol. The monoisotopic (exact) mass is 338 g/mol. The maximum absolute atomic E-state index is 11.0. The van der Waals surface area contributed by atoms with Crippen LogP contribution in [0.5, 0.6) is 0 Å². The van der Waals surface area contributed by atoms with Crippen LogP contribution in [0.4, 0.5) is 11.4 Å². The predicted molar refractivity (Wildman–Crippen MR) is 69.7 cm³/mol. The first-order chi connectivity index (χ1) is 9.09. The van der Waals surface area contributed by atoms with Crippen LogP contribution in [0.25, 0.3) is 0 Å². The fourth-order valence-electron chi connectivity index (χ4n) is 1.69. The second-order valence-corrected chi connectivity index (χ2v) is 3.79. The molecule has 21 heavy (non-hydrogen) atoms. The molecule has 0 radical (unpaired) electrons. The molecule has 4 N–H and O–H groups in total. The molecular weight excluding hydrogens is 328 g/mol. The van der Waals surface area contributed by atoms with Gasteiger partial charge in [0.1, 0.15) is 0 Å². The molecule has 104 valence electrons. The van der Waals surface area contributed by atoms with Crippen molar-refractivity contribution >= 4 is 23.3 Å². The van der Waals surface area contributed by atoms with E-state index < -0.39 is 11.9 Å². The van der Waals surface area contributed by atoms with E-state index >= 15 is 0 Å². The van der Waals surface area contributed by atoms with Crippen LogP contribution in [0.3, 0.4) is 0 Å². The van der Waals surface area contributed by atoms with Gasteiger partial charge < -0.3 is 30.6 Å². The number of hydrogen-bond acceptors (Lipinski definition) is 5. The molecule has 6 nitrogen and oxygen atoms in total. The van der Waals surface area contributed by atoms with E-state index in [1.807, 2.05) is 0 Å². The van der Waals surface area contributed by atoms with Crippen LogP contribution in [0, 0.1) is 0 Å². The third-order valence-electron chi connectivity index (χ3n) is 2.56. The van der Waals surface area contributed by atoms with E-state index in [1.54, 1.807) is 24.3 Å². The van der Waals surface area contributed by atoms with Gasteiger partial charge in [-0.2, -0.15) is 0 Å². The maximum Gasteiger partial charge on any atom is 2.00 e. The first kappa shape index (κ1) is 18.8. The van der Waals surface area contributed by atoms with Gasteiger partial charge in [-0.15, -0.1) is 0 Å². The topological polar surface area (TPSA) is 125 Å². The van der Waals surface area contributed by atoms with Crippen LogP contribution in [0.2, 0.25) is 0 Å². The quantitative estimate of drug-likeness (QED) is 0.578. The number of carbonyl (C=O) groups is 2. The summed E-state index contributed by atoms with van der Waals surface area (Å²) in [5.41, 5.74) is 0.429. The Morgan fingerprint density at radius 1 is 0.762 bits per heavy atom. The molecule has 0 saturated carbocycles. The van der Waals surface area contributed by atoms with Gasteiger partial charge in [0.25, 0.3) is 0 Å². The summed E-state index contributed by atoms with van der Waals surface area (Å²) in [6, 6.07) is 12.2. The molecule has 0 aliphatic carbocycles. The Kier molecular flexibility index (Phi) is 7.27. The number of aromatic carboxylic acids is 2. The first-order valence-corrected chi connectivity index (χ1v) is 5.47. The average Bonchev–Trinajstić information content (AvgIpc) is 2.39. The summed E-state index contributed by atoms with van der Waals surface area (Å²) in [5.74, 6) is -2.68. The van der Waals surface area contributed by atoms with Crippen LogP contribution >= 0.6 is 0 Å². The molecule has 0 atom stereocenters. The van der Waals surface area contributed by atoms with Gasteiger partial charge in [0.05, 0.1) is 11.9 Å². The fraction of sp³-hybridized carbons (Fsp3) is 0. The summed E-state index contributed by atoms with van der Waals surface area (Å²) in [6.07, 6.45) is 0. The van der Waals surface area contributed by atoms with Crippen molar-refractivity contribution in [3.05, 3.63) is 59.7 Å². The first-order valence-electron chi connectivity index (χ1n) is 5.47. The molecule has 0 saturated heterocycles. The van der Waals surface area contributed by atoms with Crippen molar-refractivity contribution in [2.75, 3.05) is 5.32 Å². The van der Waals surface area contributed by atoms with Gasteiger partial charge >= 0.3 is 19.5 Å². The molecule has 0 heterocycles. The number of anilines is 2. The second-order valence-electron chi connectivity index (χ2n) is 3.79. The molecule has 0 aliphatic heterocycles. The molecule has 0 unspecified atom stereocenters. The number of para-hydroxylation sites is 2. The van der Waals surface area contributed by atoms with Gasteiger partial charge in [-0.25, -0.2) is 0 Å². The summed E-state index contributed by atoms with van der Waals surface area (Å²) in [5, 5.41) is 24.7. The Balaban J connectivity index is 0.00000200. The van der Waals surface area contributed by atoms with Crippen LogP contribution in [-0.2, 0) is 25.0 Å². The standard InChI is InChI=1S/C14H11NO4.H2O.Zn/c16-13(17)9-5-1-3-7-11(9)15-12-8-4-2-6-10(12)14(18)19;;/h1-8,15H,(H,16,17)(H,18,19);1H2;/q;;+2/p-1. The second kappa shape index (κ2) is 8.14. The number of benzene rings is 2. The zero-order chi connectivity index (χ0) is 13.8. The molecule has 2 rings (SSSR count). The number of rotatable bonds is 4. The van der Waals surface area contributed by atoms with Crippen LogP contribution < -0.4 is 15.5 Å². The van der Waals surface area contributed by atoms with Crippen molar-refractivity contribution in [3.63, 3.8) is 0 Å². The molecule has 0 aromatic heterocycles. The Bertz CT molecular complexity index is 589. The van der Waals surface area contributed by atoms with E-state index in [-0.39, 0.29) is 47.5 Å². The Labute approximate surface area is 133 Å². The van der Waals surface area contributed by atoms with Crippen molar-refractivity contribution < 1.29 is 44.8 Å². The number of carboxylic acids is 2. The molecule has 2 aromatic rings. The van der Waals surface area contributed by atoms with Gasteiger partial charge in [-0.1, -0.05) is 36.4 Å². The zero-order valence-electron chi connectivity index (χ0n) is 11.0. The van der Waals surface area contributed by atoms with E-state index in [1.165, 1.54) is 24.3 Å². The molecule has 0 aliphatic rings. The molecule has 0 fully saturated rings. The summed E-state index contributed by atoms with van der Waals surface area (Å²) in [4.78, 5) is 21.9. The third kappa shape index (κ3) is 4.37. The summed E-state index contributed by atoms with van der Waals surface area (Å²) >= 11 is 0. The molecular formula is C14H12NO5Zn+. The number of nitrogens with one attached hydrogen (secondary N) is 1. The molecule has 0 amide bonds. The largest absolute Gasteiger partial charge is 2.00 e. The number of carbonyl (C=O) groups excluding carboxylic acids is 2. The van der Waals surface area contributed by atoms with Crippen molar-refractivity contribution in [2.45, 2.75) is 0 Å². The van der Waals surface area contributed by atoms with Gasteiger partial charge in [-0.3, -0.25) is 0 Å². The van der Waals surface area contributed by atoms with Crippen LogP contribution in [0.1, 0.15) is 20.7 Å². The number of carboxylic acid groups (broad SMARTS) is 2. The van der Waals surface area contributed by atoms with E-state index in [0.29, 0.717) is 0 Å². The van der Waals surface area contributed by atoms with E-state index in [2.05, 4.69) is 5.32 Å². The van der Waals surface area contributed by atoms with E-state index in [0.717, 1.165) is 0 Å². The minimum atomic E-state index is -1.34. The minimum absolute atomic E-state index is 0. The van der Waals surface area contributed by atoms with E-state index in [9.17, 15) is 19.8 Å². The maximum atomic E-state index is 11.0. The van der Waals surface area contributed by atoms with E-state index in [4.69, 9.17) is 0 Å². The summed E-state index contributed by atoms with van der Waals surface area (Å²) < 4.78 is 0. The van der Waals surface area contributed by atoms with Crippen LogP contribution in [-0.4, -0.2) is 11.9 Å². The van der Waals surface area contributed by atoms with Gasteiger partial charge in [0.15, 0.2) is 0 Å². The number of hydrogen-bond donors (Lipinski definition) is 1. The normalized spacial score (nSPS) is 8.95. The third-order valence-corrected chi connectivity index (χ3v) is 2.56. The summed E-state index contributed by atoms with van der Waals surface area (Å²) in [6.45, 7) is 0. The van der Waals surface area contributed by atoms with Crippen molar-refractivity contribution in [2.24, 2.45) is 0 Å². The Morgan fingerprint density at radius 2 is 1.10 bits per heavy atom. The molecule has 0 bridgehead atoms. The van der Waals surface area contributed by atoms with Gasteiger partial charge in [0, 0.05) is 22.5 Å². The van der Waals surface area contributed by atoms with Crippen molar-refractivity contribution in [1.82, 2.24) is 0 Å². The fourth-order valence-corrected chi connectivity index (χ4v) is 1.69. The Morgan fingerprint density at radius 3 is 1.43 bits per heavy atom. The van der Waals surface area contributed by atoms with Crippen molar-refractivity contribution in [1.29, 1.82) is 0 Å². The zero-order valence-corrected chi connectivity index (χ0v) is 14.0.